The van der Waals surface area contributed by atoms with Crippen LogP contribution < -0.4 is 5.32 Å². The van der Waals surface area contributed by atoms with Crippen molar-refractivity contribution < 1.29 is 9.59 Å². The minimum atomic E-state index is -0.240. The quantitative estimate of drug-likeness (QED) is 0.591. The zero-order valence-corrected chi connectivity index (χ0v) is 16.6. The summed E-state index contributed by atoms with van der Waals surface area (Å²) >= 11 is 1.41. The zero-order chi connectivity index (χ0) is 19.8. The molecule has 0 saturated heterocycles. The Labute approximate surface area is 169 Å². The molecule has 0 saturated carbocycles. The lowest BCUT2D eigenvalue weighted by molar-refractivity contribution is -0.131. The van der Waals surface area contributed by atoms with Crippen LogP contribution in [-0.2, 0) is 4.79 Å². The fourth-order valence-electron chi connectivity index (χ4n) is 3.02. The molecule has 5 nitrogen and oxygen atoms in total. The summed E-state index contributed by atoms with van der Waals surface area (Å²) in [5.41, 5.74) is 1.85. The monoisotopic (exact) mass is 393 g/mol. The number of carbonyl (C=O) groups excluding carboxylic acids is 2. The van der Waals surface area contributed by atoms with Gasteiger partial charge in [-0.15, -0.1) is 11.3 Å². The van der Waals surface area contributed by atoms with E-state index in [-0.39, 0.29) is 17.9 Å². The molecule has 0 radical (unpaired) electrons. The normalized spacial score (nSPS) is 11.6. The Bertz CT molecular complexity index is 843. The van der Waals surface area contributed by atoms with E-state index in [0.29, 0.717) is 24.3 Å². The standard InChI is InChI=1S/C22H23N3O2S/c1-25(20(26)13-7-15-24-22(27)19-12-8-16-28-19)21(17-9-3-2-4-10-17)18-11-5-6-14-23-18/h2-6,8-12,14,16,21H,7,13,15H2,1H3,(H,24,27). The lowest BCUT2D eigenvalue weighted by Crippen LogP contribution is -2.33. The fourth-order valence-corrected chi connectivity index (χ4v) is 3.66. The van der Waals surface area contributed by atoms with E-state index < -0.39 is 0 Å². The molecule has 2 heterocycles. The molecule has 3 aromatic rings. The Kier molecular flexibility index (Phi) is 6.92. The largest absolute Gasteiger partial charge is 0.351 e. The van der Waals surface area contributed by atoms with E-state index in [0.717, 1.165) is 11.3 Å². The number of carbonyl (C=O) groups is 2. The van der Waals surface area contributed by atoms with E-state index >= 15 is 0 Å². The SMILES string of the molecule is CN(C(=O)CCCNC(=O)c1cccs1)C(c1ccccc1)c1ccccn1. The highest BCUT2D eigenvalue weighted by Gasteiger charge is 2.24. The molecular formula is C22H23N3O2S. The van der Waals surface area contributed by atoms with Gasteiger partial charge >= 0.3 is 0 Å². The maximum absolute atomic E-state index is 12.8. The van der Waals surface area contributed by atoms with Crippen molar-refractivity contribution in [1.29, 1.82) is 0 Å². The van der Waals surface area contributed by atoms with Crippen LogP contribution >= 0.6 is 11.3 Å². The molecule has 1 unspecified atom stereocenters. The van der Waals surface area contributed by atoms with E-state index in [1.165, 1.54) is 11.3 Å². The summed E-state index contributed by atoms with van der Waals surface area (Å²) in [6.45, 7) is 0.468. The second kappa shape index (κ2) is 9.80. The van der Waals surface area contributed by atoms with Gasteiger partial charge in [-0.05, 0) is 35.6 Å². The van der Waals surface area contributed by atoms with Crippen molar-refractivity contribution in [3.8, 4) is 0 Å². The highest BCUT2D eigenvalue weighted by Crippen LogP contribution is 2.26. The van der Waals surface area contributed by atoms with Gasteiger partial charge in [0.15, 0.2) is 0 Å². The zero-order valence-electron chi connectivity index (χ0n) is 15.7. The van der Waals surface area contributed by atoms with E-state index in [1.807, 2.05) is 60.0 Å². The molecule has 2 aromatic heterocycles. The second-order valence-electron chi connectivity index (χ2n) is 6.41. The molecule has 28 heavy (non-hydrogen) atoms. The molecule has 0 fully saturated rings. The minimum absolute atomic E-state index is 0.0184. The van der Waals surface area contributed by atoms with Gasteiger partial charge in [-0.25, -0.2) is 0 Å². The molecule has 0 aliphatic carbocycles. The molecule has 0 aliphatic rings. The first-order valence-corrected chi connectivity index (χ1v) is 10.1. The number of rotatable bonds is 8. The van der Waals surface area contributed by atoms with Crippen LogP contribution in [-0.4, -0.2) is 35.3 Å². The Morgan fingerprint density at radius 1 is 1.07 bits per heavy atom. The Hall–Kier alpha value is -2.99. The summed E-state index contributed by atoms with van der Waals surface area (Å²) in [5.74, 6) is -0.0728. The number of pyridine rings is 1. The van der Waals surface area contributed by atoms with Gasteiger partial charge in [0.2, 0.25) is 5.91 Å². The second-order valence-corrected chi connectivity index (χ2v) is 7.36. The van der Waals surface area contributed by atoms with Gasteiger partial charge < -0.3 is 10.2 Å². The maximum atomic E-state index is 12.8. The summed E-state index contributed by atoms with van der Waals surface area (Å²) in [4.78, 5) is 31.6. The number of hydrogen-bond acceptors (Lipinski definition) is 4. The van der Waals surface area contributed by atoms with Crippen molar-refractivity contribution in [3.63, 3.8) is 0 Å². The van der Waals surface area contributed by atoms with Crippen molar-refractivity contribution in [1.82, 2.24) is 15.2 Å². The number of amides is 2. The third-order valence-corrected chi connectivity index (χ3v) is 5.33. The van der Waals surface area contributed by atoms with Gasteiger partial charge in [-0.1, -0.05) is 42.5 Å². The van der Waals surface area contributed by atoms with E-state index in [2.05, 4.69) is 10.3 Å². The molecule has 0 bridgehead atoms. The molecule has 0 aliphatic heterocycles. The van der Waals surface area contributed by atoms with Crippen LogP contribution in [0.1, 0.15) is 39.8 Å². The molecule has 0 spiro atoms. The number of nitrogens with one attached hydrogen (secondary N) is 1. The number of thiophene rings is 1. The predicted molar refractivity (Wildman–Crippen MR) is 111 cm³/mol. The Morgan fingerprint density at radius 2 is 1.86 bits per heavy atom. The highest BCUT2D eigenvalue weighted by molar-refractivity contribution is 7.12. The molecule has 2 amide bonds. The number of hydrogen-bond donors (Lipinski definition) is 1. The number of aromatic nitrogens is 1. The topological polar surface area (TPSA) is 62.3 Å². The number of nitrogens with zero attached hydrogens (tertiary/aromatic N) is 2. The first-order chi connectivity index (χ1) is 13.7. The maximum Gasteiger partial charge on any atom is 0.261 e. The van der Waals surface area contributed by atoms with Crippen molar-refractivity contribution in [2.24, 2.45) is 0 Å². The van der Waals surface area contributed by atoms with Crippen LogP contribution in [0, 0.1) is 0 Å². The van der Waals surface area contributed by atoms with Gasteiger partial charge in [0, 0.05) is 26.2 Å². The first-order valence-electron chi connectivity index (χ1n) is 9.20. The van der Waals surface area contributed by atoms with Crippen LogP contribution in [0.15, 0.2) is 72.2 Å². The minimum Gasteiger partial charge on any atom is -0.351 e. The summed E-state index contributed by atoms with van der Waals surface area (Å²) in [5, 5.41) is 4.73. The molecule has 6 heteroatoms. The Morgan fingerprint density at radius 3 is 2.54 bits per heavy atom. The van der Waals surface area contributed by atoms with Crippen molar-refractivity contribution in [3.05, 3.63) is 88.4 Å². The van der Waals surface area contributed by atoms with Crippen LogP contribution in [0.2, 0.25) is 0 Å². The van der Waals surface area contributed by atoms with E-state index in [9.17, 15) is 9.59 Å². The third kappa shape index (κ3) is 5.04. The summed E-state index contributed by atoms with van der Waals surface area (Å²) in [6.07, 6.45) is 2.69. The lowest BCUT2D eigenvalue weighted by Gasteiger charge is -2.28. The average molecular weight is 394 g/mol. The highest BCUT2D eigenvalue weighted by atomic mass is 32.1. The first kappa shape index (κ1) is 19.8. The van der Waals surface area contributed by atoms with Crippen molar-refractivity contribution in [2.45, 2.75) is 18.9 Å². The van der Waals surface area contributed by atoms with Crippen molar-refractivity contribution >= 4 is 23.2 Å². The van der Waals surface area contributed by atoms with Crippen LogP contribution in [0.3, 0.4) is 0 Å². The molecule has 1 aromatic carbocycles. The molecular weight excluding hydrogens is 370 g/mol. The number of benzene rings is 1. The van der Waals surface area contributed by atoms with Crippen molar-refractivity contribution in [2.75, 3.05) is 13.6 Å². The predicted octanol–water partition coefficient (Wildman–Crippen LogP) is 3.90. The van der Waals surface area contributed by atoms with Gasteiger partial charge in [0.05, 0.1) is 16.6 Å². The molecule has 144 valence electrons. The van der Waals surface area contributed by atoms with Crippen LogP contribution in [0.25, 0.3) is 0 Å². The van der Waals surface area contributed by atoms with Crippen LogP contribution in [0.5, 0.6) is 0 Å². The van der Waals surface area contributed by atoms with Crippen LogP contribution in [0.4, 0.5) is 0 Å². The summed E-state index contributed by atoms with van der Waals surface area (Å²) in [7, 11) is 1.80. The Balaban J connectivity index is 1.60. The fraction of sp³-hybridized carbons (Fsp3) is 0.227. The smallest absolute Gasteiger partial charge is 0.261 e. The van der Waals surface area contributed by atoms with Gasteiger partial charge in [-0.3, -0.25) is 14.6 Å². The van der Waals surface area contributed by atoms with Gasteiger partial charge in [0.25, 0.3) is 5.91 Å². The van der Waals surface area contributed by atoms with E-state index in [1.54, 1.807) is 24.2 Å². The van der Waals surface area contributed by atoms with E-state index in [4.69, 9.17) is 0 Å². The molecule has 1 atom stereocenters. The average Bonchev–Trinajstić information content (AvgIpc) is 3.27. The lowest BCUT2D eigenvalue weighted by atomic mass is 10.0. The van der Waals surface area contributed by atoms with Gasteiger partial charge in [0.1, 0.15) is 0 Å². The molecule has 3 rings (SSSR count). The van der Waals surface area contributed by atoms with Gasteiger partial charge in [-0.2, -0.15) is 0 Å². The summed E-state index contributed by atoms with van der Waals surface area (Å²) < 4.78 is 0. The summed E-state index contributed by atoms with van der Waals surface area (Å²) in [6, 6.07) is 19.0. The molecule has 1 N–H and O–H groups in total. The third-order valence-electron chi connectivity index (χ3n) is 4.46.